The van der Waals surface area contributed by atoms with Crippen LogP contribution < -0.4 is 10.5 Å². The summed E-state index contributed by atoms with van der Waals surface area (Å²) in [4.78, 5) is 4.45. The largest absolute Gasteiger partial charge is 0.496 e. The molecule has 2 aromatic rings. The highest BCUT2D eigenvalue weighted by Crippen LogP contribution is 2.27. The van der Waals surface area contributed by atoms with Gasteiger partial charge >= 0.3 is 0 Å². The van der Waals surface area contributed by atoms with Gasteiger partial charge in [-0.1, -0.05) is 6.07 Å². The number of ether oxygens (including phenoxy) is 1. The first-order valence-corrected chi connectivity index (χ1v) is 6.94. The lowest BCUT2D eigenvalue weighted by Crippen LogP contribution is -2.16. The highest BCUT2D eigenvalue weighted by atomic mass is 19.1. The van der Waals surface area contributed by atoms with Gasteiger partial charge in [0.05, 0.1) is 7.11 Å². The van der Waals surface area contributed by atoms with E-state index < -0.39 is 0 Å². The van der Waals surface area contributed by atoms with E-state index >= 15 is 0 Å². The maximum absolute atomic E-state index is 13.4. The van der Waals surface area contributed by atoms with E-state index in [9.17, 15) is 4.39 Å². The molecular formula is C17H21FN2O. The van der Waals surface area contributed by atoms with Gasteiger partial charge in [0.1, 0.15) is 11.6 Å². The van der Waals surface area contributed by atoms with Gasteiger partial charge in [-0.15, -0.1) is 0 Å². The van der Waals surface area contributed by atoms with Crippen molar-refractivity contribution < 1.29 is 9.13 Å². The molecule has 0 amide bonds. The Balaban J connectivity index is 2.32. The molecule has 3 nitrogen and oxygen atoms in total. The molecule has 0 aliphatic carbocycles. The SMILES string of the molecule is COc1c(C)cnc(CC(N)c2cc(F)ccc2C)c1C. The molecule has 1 aromatic heterocycles. The first kappa shape index (κ1) is 15.4. The summed E-state index contributed by atoms with van der Waals surface area (Å²) in [6.07, 6.45) is 2.33. The van der Waals surface area contributed by atoms with Crippen LogP contribution in [0.4, 0.5) is 4.39 Å². The fraction of sp³-hybridized carbons (Fsp3) is 0.353. The lowest BCUT2D eigenvalue weighted by atomic mass is 9.96. The molecule has 1 aromatic carbocycles. The van der Waals surface area contributed by atoms with Crippen molar-refractivity contribution in [3.8, 4) is 5.75 Å². The fourth-order valence-corrected chi connectivity index (χ4v) is 2.61. The minimum absolute atomic E-state index is 0.266. The van der Waals surface area contributed by atoms with Gasteiger partial charge < -0.3 is 10.5 Å². The predicted octanol–water partition coefficient (Wildman–Crippen LogP) is 3.40. The predicted molar refractivity (Wildman–Crippen MR) is 82.0 cm³/mol. The van der Waals surface area contributed by atoms with Crippen LogP contribution in [0.2, 0.25) is 0 Å². The molecule has 0 spiro atoms. The van der Waals surface area contributed by atoms with Gasteiger partial charge in [0.2, 0.25) is 0 Å². The quantitative estimate of drug-likeness (QED) is 0.938. The lowest BCUT2D eigenvalue weighted by molar-refractivity contribution is 0.406. The van der Waals surface area contributed by atoms with Gasteiger partial charge in [0.25, 0.3) is 0 Å². The number of benzene rings is 1. The second kappa shape index (κ2) is 6.22. The summed E-state index contributed by atoms with van der Waals surface area (Å²) in [6, 6.07) is 4.41. The van der Waals surface area contributed by atoms with Gasteiger partial charge in [0.15, 0.2) is 0 Å². The summed E-state index contributed by atoms with van der Waals surface area (Å²) in [7, 11) is 1.65. The van der Waals surface area contributed by atoms with Crippen LogP contribution >= 0.6 is 0 Å². The summed E-state index contributed by atoms with van der Waals surface area (Å²) < 4.78 is 18.8. The number of aryl methyl sites for hydroxylation is 2. The van der Waals surface area contributed by atoms with Crippen molar-refractivity contribution in [2.75, 3.05) is 7.11 Å². The van der Waals surface area contributed by atoms with Crippen molar-refractivity contribution >= 4 is 0 Å². The van der Waals surface area contributed by atoms with Gasteiger partial charge in [-0.2, -0.15) is 0 Å². The van der Waals surface area contributed by atoms with Gasteiger partial charge in [-0.05, 0) is 44.0 Å². The first-order chi connectivity index (χ1) is 9.93. The van der Waals surface area contributed by atoms with Crippen LogP contribution in [0.5, 0.6) is 5.75 Å². The van der Waals surface area contributed by atoms with Gasteiger partial charge in [0, 0.05) is 35.5 Å². The highest BCUT2D eigenvalue weighted by molar-refractivity contribution is 5.42. The van der Waals surface area contributed by atoms with Crippen LogP contribution in [0.3, 0.4) is 0 Å². The van der Waals surface area contributed by atoms with Crippen LogP contribution in [-0.2, 0) is 6.42 Å². The van der Waals surface area contributed by atoms with Crippen molar-refractivity contribution in [1.29, 1.82) is 0 Å². The molecule has 0 bridgehead atoms. The Morgan fingerprint density at radius 3 is 2.62 bits per heavy atom. The molecule has 112 valence electrons. The standard InChI is InChI=1S/C17H21FN2O/c1-10-5-6-13(18)7-14(10)15(19)8-16-12(3)17(21-4)11(2)9-20-16/h5-7,9,15H,8,19H2,1-4H3. The molecule has 0 fully saturated rings. The number of hydrogen-bond donors (Lipinski definition) is 1. The Labute approximate surface area is 125 Å². The third-order valence-corrected chi connectivity index (χ3v) is 3.80. The van der Waals surface area contributed by atoms with E-state index in [-0.39, 0.29) is 11.9 Å². The van der Waals surface area contributed by atoms with Crippen molar-refractivity contribution in [3.05, 3.63) is 58.2 Å². The summed E-state index contributed by atoms with van der Waals surface area (Å²) in [5.74, 6) is 0.570. The molecule has 0 radical (unpaired) electrons. The minimum atomic E-state index is -0.292. The molecule has 1 heterocycles. The van der Waals surface area contributed by atoms with E-state index in [1.807, 2.05) is 20.8 Å². The molecule has 1 atom stereocenters. The second-order valence-electron chi connectivity index (χ2n) is 5.36. The number of hydrogen-bond acceptors (Lipinski definition) is 3. The molecule has 1 unspecified atom stereocenters. The van der Waals surface area contributed by atoms with Crippen molar-refractivity contribution in [2.45, 2.75) is 33.2 Å². The Morgan fingerprint density at radius 1 is 1.24 bits per heavy atom. The number of nitrogens with zero attached hydrogens (tertiary/aromatic N) is 1. The number of pyridine rings is 1. The maximum atomic E-state index is 13.4. The smallest absolute Gasteiger partial charge is 0.128 e. The molecular weight excluding hydrogens is 267 g/mol. The average molecular weight is 288 g/mol. The molecule has 0 saturated carbocycles. The summed E-state index contributed by atoms with van der Waals surface area (Å²) in [6.45, 7) is 5.86. The third-order valence-electron chi connectivity index (χ3n) is 3.80. The number of rotatable bonds is 4. The van der Waals surface area contributed by atoms with Crippen molar-refractivity contribution in [1.82, 2.24) is 4.98 Å². The van der Waals surface area contributed by atoms with E-state index in [1.54, 1.807) is 19.4 Å². The molecule has 0 aliphatic rings. The molecule has 0 aliphatic heterocycles. The highest BCUT2D eigenvalue weighted by Gasteiger charge is 2.16. The Hall–Kier alpha value is -1.94. The number of halogens is 1. The van der Waals surface area contributed by atoms with Crippen molar-refractivity contribution in [2.24, 2.45) is 5.73 Å². The normalized spacial score (nSPS) is 12.3. The van der Waals surface area contributed by atoms with E-state index in [4.69, 9.17) is 10.5 Å². The molecule has 21 heavy (non-hydrogen) atoms. The minimum Gasteiger partial charge on any atom is -0.496 e. The number of aromatic nitrogens is 1. The van der Waals surface area contributed by atoms with E-state index in [0.717, 1.165) is 33.7 Å². The van der Waals surface area contributed by atoms with Crippen LogP contribution in [-0.4, -0.2) is 12.1 Å². The molecule has 2 N–H and O–H groups in total. The van der Waals surface area contributed by atoms with Crippen LogP contribution in [0.1, 0.15) is 34.0 Å². The van der Waals surface area contributed by atoms with Crippen LogP contribution in [0.15, 0.2) is 24.4 Å². The summed E-state index contributed by atoms with van der Waals surface area (Å²) in [5, 5.41) is 0. The number of nitrogens with two attached hydrogens (primary N) is 1. The zero-order chi connectivity index (χ0) is 15.6. The van der Waals surface area contributed by atoms with Crippen molar-refractivity contribution in [3.63, 3.8) is 0 Å². The molecule has 2 rings (SSSR count). The topological polar surface area (TPSA) is 48.1 Å². The van der Waals surface area contributed by atoms with Crippen LogP contribution in [0, 0.1) is 26.6 Å². The molecule has 4 heteroatoms. The van der Waals surface area contributed by atoms with E-state index in [1.165, 1.54) is 12.1 Å². The zero-order valence-corrected chi connectivity index (χ0v) is 12.9. The maximum Gasteiger partial charge on any atom is 0.128 e. The fourth-order valence-electron chi connectivity index (χ4n) is 2.61. The lowest BCUT2D eigenvalue weighted by Gasteiger charge is -2.17. The zero-order valence-electron chi connectivity index (χ0n) is 12.9. The molecule has 0 saturated heterocycles. The van der Waals surface area contributed by atoms with E-state index in [0.29, 0.717) is 6.42 Å². The average Bonchev–Trinajstić information content (AvgIpc) is 2.45. The van der Waals surface area contributed by atoms with Gasteiger partial charge in [-0.3, -0.25) is 4.98 Å². The summed E-state index contributed by atoms with van der Waals surface area (Å²) >= 11 is 0. The Morgan fingerprint density at radius 2 is 1.95 bits per heavy atom. The summed E-state index contributed by atoms with van der Waals surface area (Å²) in [5.41, 5.74) is 10.9. The van der Waals surface area contributed by atoms with E-state index in [2.05, 4.69) is 4.98 Å². The monoisotopic (exact) mass is 288 g/mol. The second-order valence-corrected chi connectivity index (χ2v) is 5.36. The Kier molecular flexibility index (Phi) is 4.58. The first-order valence-electron chi connectivity index (χ1n) is 6.94. The van der Waals surface area contributed by atoms with Gasteiger partial charge in [-0.25, -0.2) is 4.39 Å². The Bertz CT molecular complexity index is 655. The third kappa shape index (κ3) is 3.22. The van der Waals surface area contributed by atoms with Crippen LogP contribution in [0.25, 0.3) is 0 Å². The number of methoxy groups -OCH3 is 1.